The topological polar surface area (TPSA) is 62.2 Å². The molecule has 0 atom stereocenters. The van der Waals surface area contributed by atoms with Crippen molar-refractivity contribution in [2.45, 2.75) is 0 Å². The van der Waals surface area contributed by atoms with Gasteiger partial charge in [0.05, 0.1) is 16.3 Å². The molecule has 98 valence electrons. The van der Waals surface area contributed by atoms with Gasteiger partial charge in [0, 0.05) is 15.7 Å². The van der Waals surface area contributed by atoms with E-state index in [1.807, 2.05) is 0 Å². The van der Waals surface area contributed by atoms with Crippen LogP contribution in [0.3, 0.4) is 0 Å². The molecule has 1 aromatic heterocycles. The van der Waals surface area contributed by atoms with Crippen molar-refractivity contribution in [2.24, 2.45) is 0 Å². The molecule has 0 saturated carbocycles. The molecule has 0 fully saturated rings. The molecule has 0 saturated heterocycles. The lowest BCUT2D eigenvalue weighted by Gasteiger charge is -2.09. The second-order valence-electron chi connectivity index (χ2n) is 3.61. The first-order valence-corrected chi connectivity index (χ1v) is 6.63. The lowest BCUT2D eigenvalue weighted by molar-refractivity contribution is 0.0696. The van der Waals surface area contributed by atoms with E-state index in [9.17, 15) is 4.79 Å². The number of carboxylic acid groups (broad SMARTS) is 1. The van der Waals surface area contributed by atoms with Gasteiger partial charge in [0.1, 0.15) is 5.82 Å². The van der Waals surface area contributed by atoms with Gasteiger partial charge in [0.25, 0.3) is 0 Å². The lowest BCUT2D eigenvalue weighted by atomic mass is 10.2. The summed E-state index contributed by atoms with van der Waals surface area (Å²) >= 11 is 15.2. The third-order valence-electron chi connectivity index (χ3n) is 2.27. The standard InChI is InChI=1S/C12H7BrCl2N2O2/c13-8-4-7(14)1-2-10(8)17-11-9(15)3-6(5-16-11)12(18)19/h1-5H,(H,16,17)(H,18,19). The van der Waals surface area contributed by atoms with Crippen molar-refractivity contribution in [3.63, 3.8) is 0 Å². The number of carboxylic acids is 1. The summed E-state index contributed by atoms with van der Waals surface area (Å²) in [7, 11) is 0. The molecular formula is C12H7BrCl2N2O2. The van der Waals surface area contributed by atoms with Crippen LogP contribution in [0.5, 0.6) is 0 Å². The Morgan fingerprint density at radius 3 is 2.63 bits per heavy atom. The minimum absolute atomic E-state index is 0.0331. The largest absolute Gasteiger partial charge is 0.478 e. The molecule has 4 nitrogen and oxygen atoms in total. The van der Waals surface area contributed by atoms with E-state index in [0.29, 0.717) is 10.8 Å². The Balaban J connectivity index is 2.31. The van der Waals surface area contributed by atoms with Gasteiger partial charge in [-0.15, -0.1) is 0 Å². The maximum atomic E-state index is 10.8. The molecule has 2 aromatic rings. The summed E-state index contributed by atoms with van der Waals surface area (Å²) < 4.78 is 0.750. The van der Waals surface area contributed by atoms with Crippen molar-refractivity contribution >= 4 is 56.6 Å². The minimum Gasteiger partial charge on any atom is -0.478 e. The Kier molecular flexibility index (Phi) is 4.29. The summed E-state index contributed by atoms with van der Waals surface area (Å²) in [5.41, 5.74) is 0.757. The van der Waals surface area contributed by atoms with E-state index in [1.165, 1.54) is 12.3 Å². The van der Waals surface area contributed by atoms with Gasteiger partial charge in [0.2, 0.25) is 0 Å². The van der Waals surface area contributed by atoms with Gasteiger partial charge >= 0.3 is 5.97 Å². The fourth-order valence-electron chi connectivity index (χ4n) is 1.37. The molecule has 0 unspecified atom stereocenters. The van der Waals surface area contributed by atoms with Crippen molar-refractivity contribution < 1.29 is 9.90 Å². The summed E-state index contributed by atoms with van der Waals surface area (Å²) in [5, 5.41) is 12.6. The summed E-state index contributed by atoms with van der Waals surface area (Å²) in [6.45, 7) is 0. The van der Waals surface area contributed by atoms with Crippen molar-refractivity contribution in [1.29, 1.82) is 0 Å². The molecule has 1 heterocycles. The highest BCUT2D eigenvalue weighted by atomic mass is 79.9. The Labute approximate surface area is 127 Å². The van der Waals surface area contributed by atoms with E-state index in [4.69, 9.17) is 28.3 Å². The van der Waals surface area contributed by atoms with Crippen molar-refractivity contribution in [3.8, 4) is 0 Å². The first kappa shape index (κ1) is 14.1. The highest BCUT2D eigenvalue weighted by molar-refractivity contribution is 9.10. The zero-order chi connectivity index (χ0) is 14.0. The molecule has 2 rings (SSSR count). The van der Waals surface area contributed by atoms with Crippen LogP contribution in [-0.4, -0.2) is 16.1 Å². The molecule has 19 heavy (non-hydrogen) atoms. The summed E-state index contributed by atoms with van der Waals surface area (Å²) in [6.07, 6.45) is 1.24. The van der Waals surface area contributed by atoms with E-state index in [1.54, 1.807) is 18.2 Å². The third-order valence-corrected chi connectivity index (χ3v) is 3.45. The van der Waals surface area contributed by atoms with Crippen molar-refractivity contribution in [2.75, 3.05) is 5.32 Å². The van der Waals surface area contributed by atoms with E-state index in [-0.39, 0.29) is 10.6 Å². The number of pyridine rings is 1. The molecule has 0 aliphatic carbocycles. The number of anilines is 2. The molecule has 1 aromatic carbocycles. The molecule has 0 amide bonds. The number of hydrogen-bond acceptors (Lipinski definition) is 3. The van der Waals surface area contributed by atoms with Crippen LogP contribution in [0.1, 0.15) is 10.4 Å². The van der Waals surface area contributed by atoms with Crippen LogP contribution in [0.2, 0.25) is 10.0 Å². The number of rotatable bonds is 3. The molecular weight excluding hydrogens is 355 g/mol. The highest BCUT2D eigenvalue weighted by Gasteiger charge is 2.10. The van der Waals surface area contributed by atoms with Gasteiger partial charge in [-0.05, 0) is 40.2 Å². The van der Waals surface area contributed by atoms with Gasteiger partial charge in [-0.3, -0.25) is 0 Å². The van der Waals surface area contributed by atoms with Crippen LogP contribution in [0.25, 0.3) is 0 Å². The molecule has 2 N–H and O–H groups in total. The molecule has 0 radical (unpaired) electrons. The predicted molar refractivity (Wildman–Crippen MR) is 78.6 cm³/mol. The first-order chi connectivity index (χ1) is 8.97. The number of nitrogens with zero attached hydrogens (tertiary/aromatic N) is 1. The maximum Gasteiger partial charge on any atom is 0.337 e. The number of aromatic carboxylic acids is 1. The van der Waals surface area contributed by atoms with Gasteiger partial charge in [0.15, 0.2) is 0 Å². The number of halogens is 3. The number of carbonyl (C=O) groups is 1. The van der Waals surface area contributed by atoms with Gasteiger partial charge in [-0.25, -0.2) is 9.78 Å². The zero-order valence-electron chi connectivity index (χ0n) is 9.32. The smallest absolute Gasteiger partial charge is 0.337 e. The maximum absolute atomic E-state index is 10.8. The van der Waals surface area contributed by atoms with E-state index < -0.39 is 5.97 Å². The van der Waals surface area contributed by atoms with Gasteiger partial charge < -0.3 is 10.4 Å². The number of aromatic nitrogens is 1. The Bertz CT molecular complexity index is 650. The van der Waals surface area contributed by atoms with Crippen LogP contribution in [0, 0.1) is 0 Å². The normalized spacial score (nSPS) is 10.3. The first-order valence-electron chi connectivity index (χ1n) is 5.08. The average Bonchev–Trinajstić information content (AvgIpc) is 2.34. The van der Waals surface area contributed by atoms with E-state index in [0.717, 1.165) is 10.2 Å². The second kappa shape index (κ2) is 5.77. The lowest BCUT2D eigenvalue weighted by Crippen LogP contribution is -2.00. The third kappa shape index (κ3) is 3.37. The van der Waals surface area contributed by atoms with Gasteiger partial charge in [-0.2, -0.15) is 0 Å². The van der Waals surface area contributed by atoms with Crippen LogP contribution in [0.4, 0.5) is 11.5 Å². The predicted octanol–water partition coefficient (Wildman–Crippen LogP) is 4.59. The van der Waals surface area contributed by atoms with Crippen molar-refractivity contribution in [1.82, 2.24) is 4.98 Å². The number of hydrogen-bond donors (Lipinski definition) is 2. The van der Waals surface area contributed by atoms with Gasteiger partial charge in [-0.1, -0.05) is 23.2 Å². The summed E-state index contributed by atoms with van der Waals surface area (Å²) in [6, 6.07) is 6.54. The molecule has 0 spiro atoms. The Morgan fingerprint density at radius 2 is 2.05 bits per heavy atom. The van der Waals surface area contributed by atoms with E-state index in [2.05, 4.69) is 26.2 Å². The SMILES string of the molecule is O=C(O)c1cnc(Nc2ccc(Cl)cc2Br)c(Cl)c1. The molecule has 0 bridgehead atoms. The van der Waals surface area contributed by atoms with Crippen LogP contribution in [0.15, 0.2) is 34.9 Å². The highest BCUT2D eigenvalue weighted by Crippen LogP contribution is 2.30. The minimum atomic E-state index is -1.08. The quantitative estimate of drug-likeness (QED) is 0.839. The summed E-state index contributed by atoms with van der Waals surface area (Å²) in [5.74, 6) is -0.705. The second-order valence-corrected chi connectivity index (χ2v) is 5.31. The van der Waals surface area contributed by atoms with Crippen LogP contribution >= 0.6 is 39.1 Å². The fraction of sp³-hybridized carbons (Fsp3) is 0. The summed E-state index contributed by atoms with van der Waals surface area (Å²) in [4.78, 5) is 14.8. The molecule has 0 aliphatic rings. The fourth-order valence-corrected chi connectivity index (χ4v) is 2.36. The molecule has 7 heteroatoms. The zero-order valence-corrected chi connectivity index (χ0v) is 12.4. The van der Waals surface area contributed by atoms with Crippen molar-refractivity contribution in [3.05, 3.63) is 50.5 Å². The number of nitrogens with one attached hydrogen (secondary N) is 1. The Morgan fingerprint density at radius 1 is 1.32 bits per heavy atom. The van der Waals surface area contributed by atoms with Crippen LogP contribution in [-0.2, 0) is 0 Å². The monoisotopic (exact) mass is 360 g/mol. The average molecular weight is 362 g/mol. The van der Waals surface area contributed by atoms with E-state index >= 15 is 0 Å². The van der Waals surface area contributed by atoms with Crippen LogP contribution < -0.4 is 5.32 Å². The molecule has 0 aliphatic heterocycles. The Hall–Kier alpha value is -1.30. The number of benzene rings is 1.